The van der Waals surface area contributed by atoms with Crippen molar-refractivity contribution in [3.8, 4) is 17.2 Å². The van der Waals surface area contributed by atoms with E-state index < -0.39 is 0 Å². The van der Waals surface area contributed by atoms with Crippen molar-refractivity contribution in [3.63, 3.8) is 0 Å². The third-order valence-electron chi connectivity index (χ3n) is 4.94. The van der Waals surface area contributed by atoms with E-state index >= 15 is 0 Å². The number of aromatic nitrogens is 3. The summed E-state index contributed by atoms with van der Waals surface area (Å²) in [7, 11) is 6.77. The van der Waals surface area contributed by atoms with Gasteiger partial charge in [0.25, 0.3) is 0 Å². The van der Waals surface area contributed by atoms with Crippen molar-refractivity contribution < 1.29 is 14.2 Å². The number of hydrogen-bond donors (Lipinski definition) is 2. The number of nitrogens with one attached hydrogen (secondary N) is 1. The number of rotatable bonds is 9. The van der Waals surface area contributed by atoms with Crippen LogP contribution in [0.25, 0.3) is 0 Å². The molecule has 0 fully saturated rings. The van der Waals surface area contributed by atoms with Crippen LogP contribution in [-0.4, -0.2) is 48.2 Å². The molecule has 164 valence electrons. The molecule has 0 aliphatic carbocycles. The first kappa shape index (κ1) is 22.1. The van der Waals surface area contributed by atoms with Crippen LogP contribution in [0.3, 0.4) is 0 Å². The molecule has 0 saturated heterocycles. The van der Waals surface area contributed by atoms with E-state index in [2.05, 4.69) is 25.2 Å². The van der Waals surface area contributed by atoms with E-state index in [0.717, 1.165) is 11.3 Å². The first-order valence-electron chi connectivity index (χ1n) is 9.78. The van der Waals surface area contributed by atoms with E-state index in [-0.39, 0.29) is 12.0 Å². The fraction of sp³-hybridized carbons (Fsp3) is 0.318. The molecule has 0 amide bonds. The second kappa shape index (κ2) is 9.94. The second-order valence-electron chi connectivity index (χ2n) is 6.95. The van der Waals surface area contributed by atoms with Gasteiger partial charge in [-0.25, -0.2) is 0 Å². The fourth-order valence-corrected chi connectivity index (χ4v) is 3.19. The lowest BCUT2D eigenvalue weighted by molar-refractivity contribution is 0.238. The Kier molecular flexibility index (Phi) is 7.09. The lowest BCUT2D eigenvalue weighted by Crippen LogP contribution is -2.25. The van der Waals surface area contributed by atoms with Gasteiger partial charge in [-0.15, -0.1) is 0 Å². The molecule has 0 radical (unpaired) electrons. The smallest absolute Gasteiger partial charge is 0.232 e. The summed E-state index contributed by atoms with van der Waals surface area (Å²) in [5.41, 5.74) is 7.76. The first-order valence-corrected chi connectivity index (χ1v) is 9.78. The molecule has 1 atom stereocenters. The van der Waals surface area contributed by atoms with E-state index in [1.54, 1.807) is 21.3 Å². The lowest BCUT2D eigenvalue weighted by Gasteiger charge is -2.25. The molecule has 0 spiro atoms. The third-order valence-corrected chi connectivity index (χ3v) is 4.94. The molecular formula is C22H28N6O3. The Hall–Kier alpha value is -3.59. The van der Waals surface area contributed by atoms with Gasteiger partial charge in [-0.3, -0.25) is 4.90 Å². The van der Waals surface area contributed by atoms with E-state index in [4.69, 9.17) is 19.9 Å². The highest BCUT2D eigenvalue weighted by Crippen LogP contribution is 2.40. The maximum atomic E-state index is 5.95. The van der Waals surface area contributed by atoms with Gasteiger partial charge in [0.15, 0.2) is 17.3 Å². The molecule has 1 aromatic heterocycles. The Labute approximate surface area is 182 Å². The molecule has 31 heavy (non-hydrogen) atoms. The number of nitrogens with two attached hydrogens (primary N) is 1. The summed E-state index contributed by atoms with van der Waals surface area (Å²) < 4.78 is 16.4. The van der Waals surface area contributed by atoms with Gasteiger partial charge in [0.05, 0.1) is 27.4 Å². The highest BCUT2D eigenvalue weighted by Gasteiger charge is 2.21. The summed E-state index contributed by atoms with van der Waals surface area (Å²) in [6.45, 7) is 2.58. The molecular weight excluding hydrogens is 396 g/mol. The third kappa shape index (κ3) is 5.13. The normalized spacial score (nSPS) is 11.8. The van der Waals surface area contributed by atoms with Crippen LogP contribution in [0.15, 0.2) is 42.5 Å². The fourth-order valence-electron chi connectivity index (χ4n) is 3.19. The van der Waals surface area contributed by atoms with Crippen molar-refractivity contribution in [1.82, 2.24) is 19.9 Å². The van der Waals surface area contributed by atoms with E-state index in [1.165, 1.54) is 0 Å². The number of hydrogen-bond acceptors (Lipinski definition) is 9. The minimum atomic E-state index is -0.139. The molecule has 9 heteroatoms. The zero-order valence-corrected chi connectivity index (χ0v) is 18.4. The summed E-state index contributed by atoms with van der Waals surface area (Å²) in [6, 6.07) is 13.3. The molecule has 1 heterocycles. The van der Waals surface area contributed by atoms with Crippen molar-refractivity contribution in [2.75, 3.05) is 39.4 Å². The summed E-state index contributed by atoms with van der Waals surface area (Å²) in [4.78, 5) is 15.2. The Balaban J connectivity index is 1.82. The number of nitrogen functional groups attached to an aromatic ring is 1. The highest BCUT2D eigenvalue weighted by molar-refractivity contribution is 5.56. The number of methoxy groups -OCH3 is 3. The molecule has 3 aromatic rings. The van der Waals surface area contributed by atoms with Gasteiger partial charge < -0.3 is 25.3 Å². The molecule has 3 N–H and O–H groups in total. The quantitative estimate of drug-likeness (QED) is 0.534. The molecule has 0 saturated carbocycles. The van der Waals surface area contributed by atoms with Crippen LogP contribution in [-0.2, 0) is 6.54 Å². The predicted octanol–water partition coefficient (Wildman–Crippen LogP) is 3.42. The molecule has 3 rings (SSSR count). The predicted molar refractivity (Wildman–Crippen MR) is 120 cm³/mol. The average molecular weight is 425 g/mol. The Morgan fingerprint density at radius 2 is 1.65 bits per heavy atom. The van der Waals surface area contributed by atoms with Gasteiger partial charge in [0, 0.05) is 17.8 Å². The van der Waals surface area contributed by atoms with Gasteiger partial charge in [-0.2, -0.15) is 15.0 Å². The standard InChI is InChI=1S/C22H28N6O3/c1-14(20-25-21(23)27-22(26-20)24-16-9-7-6-8-10-16)28(2)13-15-11-12-17(29-3)19(31-5)18(15)30-4/h6-12,14H,13H2,1-5H3,(H3,23,24,25,26,27)/t14-/m0/s1. The zero-order chi connectivity index (χ0) is 22.4. The highest BCUT2D eigenvalue weighted by atomic mass is 16.5. The average Bonchev–Trinajstić information content (AvgIpc) is 2.78. The molecule has 0 aliphatic heterocycles. The maximum Gasteiger partial charge on any atom is 0.232 e. The number of nitrogens with zero attached hydrogens (tertiary/aromatic N) is 4. The van der Waals surface area contributed by atoms with Gasteiger partial charge in [-0.1, -0.05) is 24.3 Å². The van der Waals surface area contributed by atoms with E-state index in [0.29, 0.717) is 35.6 Å². The van der Waals surface area contributed by atoms with Gasteiger partial charge in [0.1, 0.15) is 0 Å². The summed E-state index contributed by atoms with van der Waals surface area (Å²) in [5.74, 6) is 2.92. The van der Waals surface area contributed by atoms with Gasteiger partial charge >= 0.3 is 0 Å². The molecule has 0 unspecified atom stereocenters. The maximum absolute atomic E-state index is 5.95. The van der Waals surface area contributed by atoms with Gasteiger partial charge in [0.2, 0.25) is 17.6 Å². The van der Waals surface area contributed by atoms with Gasteiger partial charge in [-0.05, 0) is 32.2 Å². The molecule has 9 nitrogen and oxygen atoms in total. The van der Waals surface area contributed by atoms with Crippen LogP contribution in [0.1, 0.15) is 24.4 Å². The Morgan fingerprint density at radius 3 is 2.29 bits per heavy atom. The second-order valence-corrected chi connectivity index (χ2v) is 6.95. The van der Waals surface area contributed by atoms with Crippen molar-refractivity contribution in [3.05, 3.63) is 53.9 Å². The summed E-state index contributed by atoms with van der Waals surface area (Å²) in [5, 5.41) is 3.16. The van der Waals surface area contributed by atoms with E-state index in [1.807, 2.05) is 56.4 Å². The number of anilines is 3. The number of para-hydroxylation sites is 1. The molecule has 2 aromatic carbocycles. The van der Waals surface area contributed by atoms with Crippen molar-refractivity contribution in [2.45, 2.75) is 19.5 Å². The number of benzene rings is 2. The Morgan fingerprint density at radius 1 is 0.935 bits per heavy atom. The minimum Gasteiger partial charge on any atom is -0.493 e. The van der Waals surface area contributed by atoms with Crippen LogP contribution in [0, 0.1) is 0 Å². The van der Waals surface area contributed by atoms with E-state index in [9.17, 15) is 0 Å². The lowest BCUT2D eigenvalue weighted by atomic mass is 10.1. The first-order chi connectivity index (χ1) is 15.0. The van der Waals surface area contributed by atoms with Crippen LogP contribution >= 0.6 is 0 Å². The zero-order valence-electron chi connectivity index (χ0n) is 18.4. The van der Waals surface area contributed by atoms with Crippen molar-refractivity contribution in [1.29, 1.82) is 0 Å². The molecule has 0 bridgehead atoms. The summed E-state index contributed by atoms with van der Waals surface area (Å²) in [6.07, 6.45) is 0. The summed E-state index contributed by atoms with van der Waals surface area (Å²) >= 11 is 0. The molecule has 0 aliphatic rings. The van der Waals surface area contributed by atoms with Crippen molar-refractivity contribution >= 4 is 17.6 Å². The number of ether oxygens (including phenoxy) is 3. The van der Waals surface area contributed by atoms with Crippen LogP contribution < -0.4 is 25.3 Å². The van der Waals surface area contributed by atoms with Crippen molar-refractivity contribution in [2.24, 2.45) is 0 Å². The Bertz CT molecular complexity index is 1020. The van der Waals surface area contributed by atoms with Crippen LogP contribution in [0.5, 0.6) is 17.2 Å². The van der Waals surface area contributed by atoms with Crippen LogP contribution in [0.4, 0.5) is 17.6 Å². The monoisotopic (exact) mass is 424 g/mol. The largest absolute Gasteiger partial charge is 0.493 e. The SMILES string of the molecule is COc1ccc(CN(C)[C@@H](C)c2nc(N)nc(Nc3ccccc3)n2)c(OC)c1OC. The topological polar surface area (TPSA) is 108 Å². The minimum absolute atomic E-state index is 0.139. The van der Waals surface area contributed by atoms with Crippen LogP contribution in [0.2, 0.25) is 0 Å².